The SMILES string of the molecule is CC(=O)N(C[C]=O)C(=O)[C@@H]1CCCN1. The maximum Gasteiger partial charge on any atom is 0.246 e. The number of carbonyl (C=O) groups excluding carboxylic acids is 3. The zero-order valence-corrected chi connectivity index (χ0v) is 8.08. The molecule has 0 aromatic carbocycles. The molecule has 1 rings (SSSR count). The van der Waals surface area contributed by atoms with E-state index in [1.807, 2.05) is 0 Å². The van der Waals surface area contributed by atoms with Gasteiger partial charge in [0, 0.05) is 6.92 Å². The van der Waals surface area contributed by atoms with Crippen molar-refractivity contribution >= 4 is 18.1 Å². The first-order valence-electron chi connectivity index (χ1n) is 4.57. The molecule has 1 aliphatic heterocycles. The Bertz CT molecular complexity index is 246. The minimum atomic E-state index is -0.410. The van der Waals surface area contributed by atoms with Gasteiger partial charge in [-0.25, -0.2) is 0 Å². The van der Waals surface area contributed by atoms with Crippen LogP contribution in [-0.4, -0.2) is 42.1 Å². The Morgan fingerprint density at radius 3 is 2.71 bits per heavy atom. The highest BCUT2D eigenvalue weighted by Crippen LogP contribution is 2.08. The van der Waals surface area contributed by atoms with Crippen molar-refractivity contribution in [1.82, 2.24) is 10.2 Å². The maximum atomic E-state index is 11.6. The Kier molecular flexibility index (Phi) is 3.76. The van der Waals surface area contributed by atoms with Gasteiger partial charge in [0.1, 0.15) is 0 Å². The van der Waals surface area contributed by atoms with Crippen LogP contribution in [0.5, 0.6) is 0 Å². The summed E-state index contributed by atoms with van der Waals surface area (Å²) in [4.78, 5) is 33.7. The summed E-state index contributed by atoms with van der Waals surface area (Å²) in [6, 6.07) is -0.313. The summed E-state index contributed by atoms with van der Waals surface area (Å²) in [5.41, 5.74) is 0. The zero-order chi connectivity index (χ0) is 10.6. The Morgan fingerprint density at radius 1 is 1.57 bits per heavy atom. The second-order valence-corrected chi connectivity index (χ2v) is 3.24. The van der Waals surface area contributed by atoms with Crippen LogP contribution in [0.25, 0.3) is 0 Å². The number of imide groups is 1. The van der Waals surface area contributed by atoms with Gasteiger partial charge in [-0.3, -0.25) is 19.3 Å². The fraction of sp³-hybridized carbons (Fsp3) is 0.667. The summed E-state index contributed by atoms with van der Waals surface area (Å²) in [5.74, 6) is -0.731. The Hall–Kier alpha value is -1.23. The van der Waals surface area contributed by atoms with Crippen molar-refractivity contribution in [2.45, 2.75) is 25.8 Å². The first kappa shape index (κ1) is 10.8. The molecule has 1 atom stereocenters. The molecule has 14 heavy (non-hydrogen) atoms. The average Bonchev–Trinajstić information content (AvgIpc) is 2.65. The van der Waals surface area contributed by atoms with Gasteiger partial charge < -0.3 is 5.32 Å². The number of hydrogen-bond acceptors (Lipinski definition) is 4. The second-order valence-electron chi connectivity index (χ2n) is 3.24. The highest BCUT2D eigenvalue weighted by Gasteiger charge is 2.28. The molecule has 0 aromatic rings. The molecule has 0 bridgehead atoms. The third-order valence-electron chi connectivity index (χ3n) is 2.23. The van der Waals surface area contributed by atoms with Crippen molar-refractivity contribution < 1.29 is 14.4 Å². The van der Waals surface area contributed by atoms with Gasteiger partial charge in [-0.1, -0.05) is 0 Å². The molecule has 2 amide bonds. The average molecular weight is 197 g/mol. The molecular weight excluding hydrogens is 184 g/mol. The normalized spacial score (nSPS) is 20.5. The van der Waals surface area contributed by atoms with Gasteiger partial charge in [-0.2, -0.15) is 0 Å². The monoisotopic (exact) mass is 197 g/mol. The fourth-order valence-electron chi connectivity index (χ4n) is 1.49. The summed E-state index contributed by atoms with van der Waals surface area (Å²) in [7, 11) is 0. The van der Waals surface area contributed by atoms with Crippen LogP contribution in [0.4, 0.5) is 0 Å². The lowest BCUT2D eigenvalue weighted by Crippen LogP contribution is -2.46. The summed E-state index contributed by atoms with van der Waals surface area (Å²) in [6.07, 6.45) is 3.21. The van der Waals surface area contributed by atoms with Gasteiger partial charge in [0.05, 0.1) is 12.6 Å². The standard InChI is InChI=1S/C9H13N2O3/c1-7(13)11(5-6-12)9(14)8-3-2-4-10-8/h8,10H,2-5H2,1H3/t8-/m0/s1. The van der Waals surface area contributed by atoms with E-state index >= 15 is 0 Å². The molecular formula is C9H13N2O3. The van der Waals surface area contributed by atoms with Crippen LogP contribution in [0.3, 0.4) is 0 Å². The molecule has 5 heteroatoms. The molecule has 1 N–H and O–H groups in total. The molecule has 1 fully saturated rings. The molecule has 1 aliphatic rings. The van der Waals surface area contributed by atoms with Gasteiger partial charge in [0.25, 0.3) is 0 Å². The number of hydrogen-bond donors (Lipinski definition) is 1. The van der Waals surface area contributed by atoms with Gasteiger partial charge in [-0.15, -0.1) is 0 Å². The molecule has 0 spiro atoms. The van der Waals surface area contributed by atoms with Gasteiger partial charge >= 0.3 is 0 Å². The van der Waals surface area contributed by atoms with Crippen molar-refractivity contribution in [2.24, 2.45) is 0 Å². The Balaban J connectivity index is 2.61. The quantitative estimate of drug-likeness (QED) is 0.644. The van der Waals surface area contributed by atoms with E-state index in [1.54, 1.807) is 6.29 Å². The molecule has 5 nitrogen and oxygen atoms in total. The Labute approximate surface area is 82.4 Å². The first-order valence-corrected chi connectivity index (χ1v) is 4.57. The van der Waals surface area contributed by atoms with Crippen molar-refractivity contribution in [3.63, 3.8) is 0 Å². The van der Waals surface area contributed by atoms with Crippen molar-refractivity contribution in [3.05, 3.63) is 0 Å². The highest BCUT2D eigenvalue weighted by atomic mass is 16.2. The van der Waals surface area contributed by atoms with Crippen molar-refractivity contribution in [1.29, 1.82) is 0 Å². The van der Waals surface area contributed by atoms with E-state index in [4.69, 9.17) is 0 Å². The maximum absolute atomic E-state index is 11.6. The van der Waals surface area contributed by atoms with E-state index in [0.29, 0.717) is 0 Å². The van der Waals surface area contributed by atoms with Gasteiger partial charge in [0.15, 0.2) is 0 Å². The molecule has 0 aromatic heterocycles. The van der Waals surface area contributed by atoms with E-state index in [2.05, 4.69) is 5.32 Å². The van der Waals surface area contributed by atoms with Gasteiger partial charge in [-0.05, 0) is 19.4 Å². The minimum absolute atomic E-state index is 0.271. The van der Waals surface area contributed by atoms with Crippen molar-refractivity contribution in [3.8, 4) is 0 Å². The lowest BCUT2D eigenvalue weighted by Gasteiger charge is -2.19. The van der Waals surface area contributed by atoms with E-state index < -0.39 is 5.91 Å². The summed E-state index contributed by atoms with van der Waals surface area (Å²) in [5, 5.41) is 2.98. The van der Waals surface area contributed by atoms with Crippen LogP contribution in [0.2, 0.25) is 0 Å². The van der Waals surface area contributed by atoms with Crippen molar-refractivity contribution in [2.75, 3.05) is 13.1 Å². The van der Waals surface area contributed by atoms with Crippen LogP contribution < -0.4 is 5.32 Å². The highest BCUT2D eigenvalue weighted by molar-refractivity contribution is 5.98. The molecule has 0 aliphatic carbocycles. The predicted molar refractivity (Wildman–Crippen MR) is 49.1 cm³/mol. The first-order chi connectivity index (χ1) is 6.66. The van der Waals surface area contributed by atoms with Crippen LogP contribution in [0.1, 0.15) is 19.8 Å². The minimum Gasteiger partial charge on any atom is -0.306 e. The summed E-state index contributed by atoms with van der Waals surface area (Å²) in [6.45, 7) is 1.78. The topological polar surface area (TPSA) is 66.5 Å². The van der Waals surface area contributed by atoms with Gasteiger partial charge in [0.2, 0.25) is 18.1 Å². The van der Waals surface area contributed by atoms with E-state index in [9.17, 15) is 14.4 Å². The molecule has 1 heterocycles. The molecule has 1 saturated heterocycles. The second kappa shape index (κ2) is 4.85. The smallest absolute Gasteiger partial charge is 0.246 e. The largest absolute Gasteiger partial charge is 0.306 e. The fourth-order valence-corrected chi connectivity index (χ4v) is 1.49. The molecule has 1 radical (unpaired) electrons. The number of nitrogens with zero attached hydrogens (tertiary/aromatic N) is 1. The van der Waals surface area contributed by atoms with E-state index in [0.717, 1.165) is 24.3 Å². The van der Waals surface area contributed by atoms with Crippen LogP contribution in [0, 0.1) is 0 Å². The lowest BCUT2D eigenvalue weighted by atomic mass is 10.2. The number of nitrogens with one attached hydrogen (secondary N) is 1. The van der Waals surface area contributed by atoms with E-state index in [-0.39, 0.29) is 18.5 Å². The summed E-state index contributed by atoms with van der Waals surface area (Å²) >= 11 is 0. The van der Waals surface area contributed by atoms with Crippen LogP contribution >= 0.6 is 0 Å². The third-order valence-corrected chi connectivity index (χ3v) is 2.23. The molecule has 0 unspecified atom stereocenters. The summed E-state index contributed by atoms with van der Waals surface area (Å²) < 4.78 is 0. The molecule has 0 saturated carbocycles. The lowest BCUT2D eigenvalue weighted by molar-refractivity contribution is -0.143. The third kappa shape index (κ3) is 2.38. The Morgan fingerprint density at radius 2 is 2.29 bits per heavy atom. The van der Waals surface area contributed by atoms with Crippen LogP contribution in [-0.2, 0) is 14.4 Å². The zero-order valence-electron chi connectivity index (χ0n) is 8.08. The van der Waals surface area contributed by atoms with E-state index in [1.165, 1.54) is 6.92 Å². The predicted octanol–water partition coefficient (Wildman–Crippen LogP) is -0.777. The number of carbonyl (C=O) groups is 2. The molecule has 77 valence electrons. The van der Waals surface area contributed by atoms with Crippen LogP contribution in [0.15, 0.2) is 0 Å². The number of rotatable bonds is 3. The number of amides is 2.